The molecule has 0 aliphatic rings. The zero-order chi connectivity index (χ0) is 30.7. The summed E-state index contributed by atoms with van der Waals surface area (Å²) in [6.07, 6.45) is 27.1. The third-order valence-corrected chi connectivity index (χ3v) is 8.34. The van der Waals surface area contributed by atoms with E-state index in [1.807, 2.05) is 18.2 Å². The Hall–Kier alpha value is -1.82. The summed E-state index contributed by atoms with van der Waals surface area (Å²) in [5.74, 6) is 0.919. The van der Waals surface area contributed by atoms with Gasteiger partial charge in [-0.3, -0.25) is 4.57 Å². The number of ether oxygens (including phenoxy) is 3. The largest absolute Gasteiger partial charge is 0.493 e. The van der Waals surface area contributed by atoms with Gasteiger partial charge in [0, 0.05) is 12.2 Å². The van der Waals surface area contributed by atoms with Crippen LogP contribution in [0.3, 0.4) is 0 Å². The molecule has 0 spiro atoms. The molecule has 0 aromatic heterocycles. The number of hydrogen-bond donors (Lipinski definition) is 2. The number of methoxy groups -OCH3 is 1. The van der Waals surface area contributed by atoms with Gasteiger partial charge in [0.15, 0.2) is 11.5 Å². The van der Waals surface area contributed by atoms with Gasteiger partial charge in [-0.2, -0.15) is 0 Å². The van der Waals surface area contributed by atoms with Crippen molar-refractivity contribution in [1.29, 1.82) is 0 Å². The first kappa shape index (κ1) is 38.2. The molecule has 0 fully saturated rings. The SMILES string of the molecule is CCCCCCCCCCCCCCCCCCOc1ccc(/C=C/C(=O)OCCCCCCP(=O)(O)O)cc1OC. The quantitative estimate of drug-likeness (QED) is 0.0421. The maximum absolute atomic E-state index is 12.0. The molecule has 0 unspecified atom stereocenters. The number of rotatable bonds is 28. The molecule has 242 valence electrons. The molecule has 1 aromatic carbocycles. The Morgan fingerprint density at radius 3 is 1.74 bits per heavy atom. The molecule has 0 saturated heterocycles. The first-order valence-corrected chi connectivity index (χ1v) is 18.4. The molecule has 1 rings (SSSR count). The third kappa shape index (κ3) is 22.7. The van der Waals surface area contributed by atoms with E-state index in [0.717, 1.165) is 18.4 Å². The van der Waals surface area contributed by atoms with E-state index < -0.39 is 13.6 Å². The molecule has 0 saturated carbocycles. The Labute approximate surface area is 256 Å². The van der Waals surface area contributed by atoms with E-state index >= 15 is 0 Å². The van der Waals surface area contributed by atoms with Crippen LogP contribution in [-0.4, -0.2) is 42.2 Å². The molecule has 0 aliphatic heterocycles. The summed E-state index contributed by atoms with van der Waals surface area (Å²) in [5, 5.41) is 0. The molecule has 0 atom stereocenters. The first-order valence-electron chi connectivity index (χ1n) is 16.6. The van der Waals surface area contributed by atoms with Crippen LogP contribution in [0.25, 0.3) is 6.08 Å². The summed E-state index contributed by atoms with van der Waals surface area (Å²) in [4.78, 5) is 29.7. The number of benzene rings is 1. The molecule has 7 nitrogen and oxygen atoms in total. The van der Waals surface area contributed by atoms with E-state index in [-0.39, 0.29) is 12.8 Å². The topological polar surface area (TPSA) is 102 Å². The minimum Gasteiger partial charge on any atom is -0.493 e. The molecule has 0 amide bonds. The number of unbranched alkanes of at least 4 members (excludes halogenated alkanes) is 18. The molecule has 2 N–H and O–H groups in total. The van der Waals surface area contributed by atoms with Crippen molar-refractivity contribution in [2.24, 2.45) is 0 Å². The summed E-state index contributed by atoms with van der Waals surface area (Å²) in [6.45, 7) is 3.22. The molecule has 42 heavy (non-hydrogen) atoms. The Morgan fingerprint density at radius 1 is 0.714 bits per heavy atom. The maximum atomic E-state index is 12.0. The van der Waals surface area contributed by atoms with Crippen LogP contribution in [0.15, 0.2) is 24.3 Å². The van der Waals surface area contributed by atoms with Gasteiger partial charge in [0.25, 0.3) is 0 Å². The van der Waals surface area contributed by atoms with Crippen molar-refractivity contribution in [3.8, 4) is 11.5 Å². The van der Waals surface area contributed by atoms with Crippen LogP contribution >= 0.6 is 7.60 Å². The molecule has 0 bridgehead atoms. The van der Waals surface area contributed by atoms with Gasteiger partial charge in [-0.1, -0.05) is 122 Å². The Kier molecular flexibility index (Phi) is 23.3. The lowest BCUT2D eigenvalue weighted by atomic mass is 10.0. The van der Waals surface area contributed by atoms with Gasteiger partial charge >= 0.3 is 13.6 Å². The summed E-state index contributed by atoms with van der Waals surface area (Å²) in [5.41, 5.74) is 0.816. The molecule has 1 aromatic rings. The van der Waals surface area contributed by atoms with Gasteiger partial charge in [-0.15, -0.1) is 0 Å². The fourth-order valence-electron chi connectivity index (χ4n) is 4.90. The second-order valence-corrected chi connectivity index (χ2v) is 13.1. The lowest BCUT2D eigenvalue weighted by Gasteiger charge is -2.11. The Morgan fingerprint density at radius 2 is 1.21 bits per heavy atom. The minimum absolute atomic E-state index is 0.0949. The summed E-state index contributed by atoms with van der Waals surface area (Å²) in [7, 11) is -2.31. The number of hydrogen-bond acceptors (Lipinski definition) is 5. The van der Waals surface area contributed by atoms with Crippen molar-refractivity contribution in [3.05, 3.63) is 29.8 Å². The normalized spacial score (nSPS) is 11.7. The molecule has 0 aliphatic carbocycles. The zero-order valence-electron chi connectivity index (χ0n) is 26.5. The average molecular weight is 611 g/mol. The van der Waals surface area contributed by atoms with E-state index in [9.17, 15) is 9.36 Å². The number of carbonyl (C=O) groups is 1. The van der Waals surface area contributed by atoms with Crippen molar-refractivity contribution >= 4 is 19.6 Å². The monoisotopic (exact) mass is 610 g/mol. The third-order valence-electron chi connectivity index (χ3n) is 7.44. The van der Waals surface area contributed by atoms with Crippen molar-refractivity contribution < 1.29 is 33.4 Å². The Bertz CT molecular complexity index is 881. The average Bonchev–Trinajstić information content (AvgIpc) is 2.96. The first-order chi connectivity index (χ1) is 20.4. The van der Waals surface area contributed by atoms with E-state index in [2.05, 4.69) is 6.92 Å². The van der Waals surface area contributed by atoms with Crippen molar-refractivity contribution in [3.63, 3.8) is 0 Å². The van der Waals surface area contributed by atoms with Crippen LogP contribution in [-0.2, 0) is 14.1 Å². The van der Waals surface area contributed by atoms with Gasteiger partial charge in [0.2, 0.25) is 0 Å². The highest BCUT2D eigenvalue weighted by Gasteiger charge is 2.11. The highest BCUT2D eigenvalue weighted by Crippen LogP contribution is 2.35. The molecular weight excluding hydrogens is 551 g/mol. The molecule has 0 radical (unpaired) electrons. The summed E-state index contributed by atoms with van der Waals surface area (Å²) >= 11 is 0. The van der Waals surface area contributed by atoms with Crippen LogP contribution in [0, 0.1) is 0 Å². The standard InChI is InChI=1S/C34H59O7P/c1-3-4-5-6-7-8-9-10-11-12-13-14-15-16-17-20-27-40-32-25-23-31(30-33(32)39-2)24-26-34(35)41-28-21-18-19-22-29-42(36,37)38/h23-26,30H,3-22,27-29H2,1-2H3,(H2,36,37,38)/b26-24+. The molecular formula is C34H59O7P. The fraction of sp³-hybridized carbons (Fsp3) is 0.735. The van der Waals surface area contributed by atoms with Crippen LogP contribution in [0.5, 0.6) is 11.5 Å². The predicted octanol–water partition coefficient (Wildman–Crippen LogP) is 9.63. The van der Waals surface area contributed by atoms with Crippen molar-refractivity contribution in [2.45, 2.75) is 135 Å². The molecule has 8 heteroatoms. The van der Waals surface area contributed by atoms with Crippen LogP contribution in [0.2, 0.25) is 0 Å². The Balaban J connectivity index is 2.08. The van der Waals surface area contributed by atoms with E-state index in [0.29, 0.717) is 37.4 Å². The highest BCUT2D eigenvalue weighted by molar-refractivity contribution is 7.51. The van der Waals surface area contributed by atoms with Gasteiger partial charge in [-0.05, 0) is 43.0 Å². The van der Waals surface area contributed by atoms with Crippen LogP contribution < -0.4 is 9.47 Å². The summed E-state index contributed by atoms with van der Waals surface area (Å²) in [6, 6.07) is 5.60. The summed E-state index contributed by atoms with van der Waals surface area (Å²) < 4.78 is 27.5. The highest BCUT2D eigenvalue weighted by atomic mass is 31.2. The van der Waals surface area contributed by atoms with Gasteiger partial charge in [0.05, 0.1) is 20.3 Å². The van der Waals surface area contributed by atoms with Crippen molar-refractivity contribution in [2.75, 3.05) is 26.5 Å². The minimum atomic E-state index is -3.92. The molecule has 0 heterocycles. The van der Waals surface area contributed by atoms with E-state index in [1.54, 1.807) is 13.2 Å². The zero-order valence-corrected chi connectivity index (χ0v) is 27.4. The van der Waals surface area contributed by atoms with Crippen molar-refractivity contribution in [1.82, 2.24) is 0 Å². The number of esters is 1. The van der Waals surface area contributed by atoms with E-state index in [1.165, 1.54) is 102 Å². The lowest BCUT2D eigenvalue weighted by Crippen LogP contribution is -2.02. The van der Waals surface area contributed by atoms with E-state index in [4.69, 9.17) is 24.0 Å². The fourth-order valence-corrected chi connectivity index (χ4v) is 5.53. The predicted molar refractivity (Wildman–Crippen MR) is 173 cm³/mol. The smallest absolute Gasteiger partial charge is 0.330 e. The van der Waals surface area contributed by atoms with Crippen LogP contribution in [0.1, 0.15) is 141 Å². The second kappa shape index (κ2) is 25.7. The van der Waals surface area contributed by atoms with Gasteiger partial charge < -0.3 is 24.0 Å². The van der Waals surface area contributed by atoms with Gasteiger partial charge in [-0.25, -0.2) is 4.79 Å². The van der Waals surface area contributed by atoms with Gasteiger partial charge in [0.1, 0.15) is 0 Å². The maximum Gasteiger partial charge on any atom is 0.330 e. The number of carbonyl (C=O) groups excluding carboxylic acids is 1. The van der Waals surface area contributed by atoms with Crippen LogP contribution in [0.4, 0.5) is 0 Å². The second-order valence-electron chi connectivity index (χ2n) is 11.4. The lowest BCUT2D eigenvalue weighted by molar-refractivity contribution is -0.137.